The SMILES string of the molecule is CS(=O)(=O)CNc1cccc(CN)c1. The summed E-state index contributed by atoms with van der Waals surface area (Å²) >= 11 is 0. The van der Waals surface area contributed by atoms with Crippen molar-refractivity contribution in [1.29, 1.82) is 0 Å². The molecule has 1 aromatic carbocycles. The quantitative estimate of drug-likeness (QED) is 0.768. The molecular formula is C9H14N2O2S. The molecule has 0 aromatic heterocycles. The summed E-state index contributed by atoms with van der Waals surface area (Å²) in [5.41, 5.74) is 7.21. The lowest BCUT2D eigenvalue weighted by molar-refractivity contribution is 0.603. The first-order valence-electron chi connectivity index (χ1n) is 4.22. The van der Waals surface area contributed by atoms with Crippen molar-refractivity contribution >= 4 is 15.5 Å². The Bertz CT molecular complexity index is 401. The highest BCUT2D eigenvalue weighted by atomic mass is 32.2. The summed E-state index contributed by atoms with van der Waals surface area (Å²) in [7, 11) is -2.98. The highest BCUT2D eigenvalue weighted by Gasteiger charge is 2.01. The molecule has 3 N–H and O–H groups in total. The van der Waals surface area contributed by atoms with E-state index in [0.717, 1.165) is 11.3 Å². The maximum Gasteiger partial charge on any atom is 0.165 e. The van der Waals surface area contributed by atoms with Crippen LogP contribution < -0.4 is 11.1 Å². The van der Waals surface area contributed by atoms with Crippen molar-refractivity contribution in [2.24, 2.45) is 5.73 Å². The molecule has 1 aromatic rings. The van der Waals surface area contributed by atoms with Crippen molar-refractivity contribution in [3.8, 4) is 0 Å². The fraction of sp³-hybridized carbons (Fsp3) is 0.333. The van der Waals surface area contributed by atoms with E-state index in [1.165, 1.54) is 6.26 Å². The van der Waals surface area contributed by atoms with Crippen molar-refractivity contribution < 1.29 is 8.42 Å². The Kier molecular flexibility index (Phi) is 3.49. The highest BCUT2D eigenvalue weighted by Crippen LogP contribution is 2.09. The number of hydrogen-bond donors (Lipinski definition) is 2. The van der Waals surface area contributed by atoms with Crippen LogP contribution in [0.25, 0.3) is 0 Å². The summed E-state index contributed by atoms with van der Waals surface area (Å²) in [5.74, 6) is -0.0545. The Labute approximate surface area is 84.0 Å². The van der Waals surface area contributed by atoms with E-state index in [1.54, 1.807) is 0 Å². The molecule has 0 amide bonds. The topological polar surface area (TPSA) is 72.2 Å². The van der Waals surface area contributed by atoms with Gasteiger partial charge in [-0.05, 0) is 17.7 Å². The van der Waals surface area contributed by atoms with Gasteiger partial charge in [0.2, 0.25) is 0 Å². The monoisotopic (exact) mass is 214 g/mol. The van der Waals surface area contributed by atoms with E-state index >= 15 is 0 Å². The third kappa shape index (κ3) is 3.76. The van der Waals surface area contributed by atoms with Crippen LogP contribution >= 0.6 is 0 Å². The lowest BCUT2D eigenvalue weighted by atomic mass is 10.2. The standard InChI is InChI=1S/C9H14N2O2S/c1-14(12,13)7-11-9-4-2-3-8(5-9)6-10/h2-5,11H,6-7,10H2,1H3. The molecule has 0 saturated heterocycles. The van der Waals surface area contributed by atoms with Gasteiger partial charge < -0.3 is 11.1 Å². The van der Waals surface area contributed by atoms with E-state index in [4.69, 9.17) is 5.73 Å². The largest absolute Gasteiger partial charge is 0.372 e. The summed E-state index contributed by atoms with van der Waals surface area (Å²) in [6.07, 6.45) is 1.19. The van der Waals surface area contributed by atoms with Gasteiger partial charge in [0.1, 0.15) is 5.88 Å². The van der Waals surface area contributed by atoms with Crippen LogP contribution in [0.15, 0.2) is 24.3 Å². The number of anilines is 1. The average molecular weight is 214 g/mol. The molecule has 0 bridgehead atoms. The number of nitrogens with two attached hydrogens (primary N) is 1. The van der Waals surface area contributed by atoms with Gasteiger partial charge in [0.05, 0.1) is 0 Å². The van der Waals surface area contributed by atoms with Crippen LogP contribution in [-0.4, -0.2) is 20.6 Å². The van der Waals surface area contributed by atoms with Gasteiger partial charge in [0.25, 0.3) is 0 Å². The van der Waals surface area contributed by atoms with E-state index in [-0.39, 0.29) is 5.88 Å². The number of hydrogen-bond acceptors (Lipinski definition) is 4. The molecule has 0 unspecified atom stereocenters. The number of benzene rings is 1. The molecule has 0 saturated carbocycles. The Balaban J connectivity index is 2.68. The van der Waals surface area contributed by atoms with Gasteiger partial charge in [-0.25, -0.2) is 8.42 Å². The van der Waals surface area contributed by atoms with Gasteiger partial charge in [0.15, 0.2) is 9.84 Å². The van der Waals surface area contributed by atoms with Gasteiger partial charge in [0, 0.05) is 18.5 Å². The van der Waals surface area contributed by atoms with E-state index in [0.29, 0.717) is 6.54 Å². The molecule has 0 aliphatic rings. The van der Waals surface area contributed by atoms with Gasteiger partial charge in [-0.1, -0.05) is 12.1 Å². The fourth-order valence-corrected chi connectivity index (χ4v) is 1.45. The van der Waals surface area contributed by atoms with Crippen LogP contribution in [-0.2, 0) is 16.4 Å². The minimum Gasteiger partial charge on any atom is -0.372 e. The Hall–Kier alpha value is -1.07. The lowest BCUT2D eigenvalue weighted by Gasteiger charge is -2.05. The molecule has 0 aliphatic carbocycles. The summed E-state index contributed by atoms with van der Waals surface area (Å²) in [4.78, 5) is 0. The van der Waals surface area contributed by atoms with E-state index in [1.807, 2.05) is 24.3 Å². The predicted molar refractivity (Wildman–Crippen MR) is 57.7 cm³/mol. The van der Waals surface area contributed by atoms with Crippen LogP contribution in [0.5, 0.6) is 0 Å². The fourth-order valence-electron chi connectivity index (χ4n) is 1.02. The van der Waals surface area contributed by atoms with Crippen LogP contribution in [0, 0.1) is 0 Å². The summed E-state index contributed by atoms with van der Waals surface area (Å²) < 4.78 is 21.7. The first-order valence-corrected chi connectivity index (χ1v) is 6.28. The van der Waals surface area contributed by atoms with E-state index < -0.39 is 9.84 Å². The maximum atomic E-state index is 10.9. The number of rotatable bonds is 4. The summed E-state index contributed by atoms with van der Waals surface area (Å²) in [6.45, 7) is 0.453. The van der Waals surface area contributed by atoms with E-state index in [9.17, 15) is 8.42 Å². The number of nitrogens with one attached hydrogen (secondary N) is 1. The smallest absolute Gasteiger partial charge is 0.165 e. The normalized spacial score (nSPS) is 11.3. The molecule has 4 nitrogen and oxygen atoms in total. The first kappa shape index (κ1) is 11.0. The summed E-state index contributed by atoms with van der Waals surface area (Å²) in [6, 6.07) is 7.38. The number of sulfone groups is 1. The van der Waals surface area contributed by atoms with Crippen molar-refractivity contribution in [3.05, 3.63) is 29.8 Å². The molecule has 0 spiro atoms. The zero-order valence-corrected chi connectivity index (χ0v) is 8.84. The molecule has 78 valence electrons. The second-order valence-electron chi connectivity index (χ2n) is 3.15. The van der Waals surface area contributed by atoms with Crippen molar-refractivity contribution in [3.63, 3.8) is 0 Å². The minimum absolute atomic E-state index is 0.0545. The average Bonchev–Trinajstić information content (AvgIpc) is 2.14. The molecule has 5 heteroatoms. The molecule has 0 fully saturated rings. The molecule has 1 rings (SSSR count). The van der Waals surface area contributed by atoms with Gasteiger partial charge in [-0.2, -0.15) is 0 Å². The maximum absolute atomic E-state index is 10.9. The van der Waals surface area contributed by atoms with Crippen molar-refractivity contribution in [2.45, 2.75) is 6.54 Å². The van der Waals surface area contributed by atoms with E-state index in [2.05, 4.69) is 5.32 Å². The van der Waals surface area contributed by atoms with Crippen LogP contribution in [0.1, 0.15) is 5.56 Å². The van der Waals surface area contributed by atoms with Gasteiger partial charge >= 0.3 is 0 Å². The highest BCUT2D eigenvalue weighted by molar-refractivity contribution is 7.90. The zero-order chi connectivity index (χ0) is 10.6. The summed E-state index contributed by atoms with van der Waals surface area (Å²) in [5, 5.41) is 2.82. The third-order valence-corrected chi connectivity index (χ3v) is 2.37. The van der Waals surface area contributed by atoms with Crippen molar-refractivity contribution in [1.82, 2.24) is 0 Å². The lowest BCUT2D eigenvalue weighted by Crippen LogP contribution is -2.12. The van der Waals surface area contributed by atoms with Crippen LogP contribution in [0.3, 0.4) is 0 Å². The van der Waals surface area contributed by atoms with Crippen molar-refractivity contribution in [2.75, 3.05) is 17.4 Å². The van der Waals surface area contributed by atoms with Crippen LogP contribution in [0.4, 0.5) is 5.69 Å². The molecule has 0 radical (unpaired) electrons. The van der Waals surface area contributed by atoms with Crippen LogP contribution in [0.2, 0.25) is 0 Å². The van der Waals surface area contributed by atoms with Gasteiger partial charge in [-0.15, -0.1) is 0 Å². The molecule has 0 aliphatic heterocycles. The Morgan fingerprint density at radius 3 is 2.71 bits per heavy atom. The molecular weight excluding hydrogens is 200 g/mol. The Morgan fingerprint density at radius 2 is 2.14 bits per heavy atom. The predicted octanol–water partition coefficient (Wildman–Crippen LogP) is 0.559. The molecule has 0 atom stereocenters. The minimum atomic E-state index is -2.98. The zero-order valence-electron chi connectivity index (χ0n) is 8.03. The molecule has 14 heavy (non-hydrogen) atoms. The molecule has 0 heterocycles. The Morgan fingerprint density at radius 1 is 1.43 bits per heavy atom. The second kappa shape index (κ2) is 4.43. The first-order chi connectivity index (χ1) is 6.51. The second-order valence-corrected chi connectivity index (χ2v) is 5.29. The third-order valence-electron chi connectivity index (χ3n) is 1.70. The van der Waals surface area contributed by atoms with Gasteiger partial charge in [-0.3, -0.25) is 0 Å².